The molecular weight excluding hydrogens is 427 g/mol. The molecule has 2 heterocycles. The van der Waals surface area contributed by atoms with Crippen LogP contribution in [0.25, 0.3) is 16.9 Å². The summed E-state index contributed by atoms with van der Waals surface area (Å²) >= 11 is 12.5. The highest BCUT2D eigenvalue weighted by molar-refractivity contribution is 6.35. The van der Waals surface area contributed by atoms with Crippen molar-refractivity contribution in [3.8, 4) is 5.69 Å². The van der Waals surface area contributed by atoms with Crippen molar-refractivity contribution in [2.45, 2.75) is 38.6 Å². The van der Waals surface area contributed by atoms with Gasteiger partial charge in [-0.3, -0.25) is 9.36 Å². The Morgan fingerprint density at radius 3 is 2.60 bits per heavy atom. The minimum absolute atomic E-state index is 0.101. The van der Waals surface area contributed by atoms with Crippen molar-refractivity contribution in [2.75, 3.05) is 13.7 Å². The third kappa shape index (κ3) is 3.49. The van der Waals surface area contributed by atoms with E-state index in [-0.39, 0.29) is 11.6 Å². The highest BCUT2D eigenvalue weighted by atomic mass is 35.5. The number of rotatable bonds is 7. The third-order valence-corrected chi connectivity index (χ3v) is 6.28. The van der Waals surface area contributed by atoms with Gasteiger partial charge in [-0.15, -0.1) is 0 Å². The standard InChI is InChI=1S/C21H24Cl2N4O3/c1-4-17-24-19-18(26(17)15(9-10-30-3)12-5-6-12)20(28)25(2)21(29)27(19)16-8-7-13(22)11-14(16)23/h7-8,11-12,15H,4-6,9-10H2,1-3H3. The average molecular weight is 451 g/mol. The lowest BCUT2D eigenvalue weighted by Gasteiger charge is -2.21. The molecule has 0 radical (unpaired) electrons. The molecule has 2 aromatic heterocycles. The maximum absolute atomic E-state index is 13.2. The predicted molar refractivity (Wildman–Crippen MR) is 118 cm³/mol. The van der Waals surface area contributed by atoms with E-state index in [2.05, 4.69) is 0 Å². The molecule has 3 aromatic rings. The van der Waals surface area contributed by atoms with Gasteiger partial charge in [-0.25, -0.2) is 14.3 Å². The number of imidazole rings is 1. The molecule has 1 aliphatic rings. The lowest BCUT2D eigenvalue weighted by molar-refractivity contribution is 0.173. The molecule has 160 valence electrons. The number of hydrogen-bond donors (Lipinski definition) is 0. The van der Waals surface area contributed by atoms with E-state index in [4.69, 9.17) is 32.9 Å². The fourth-order valence-electron chi connectivity index (χ4n) is 4.09. The molecule has 0 N–H and O–H groups in total. The Hall–Kier alpha value is -2.09. The lowest BCUT2D eigenvalue weighted by atomic mass is 10.1. The van der Waals surface area contributed by atoms with Crippen LogP contribution in [0.1, 0.15) is 38.1 Å². The van der Waals surface area contributed by atoms with Crippen molar-refractivity contribution in [1.29, 1.82) is 0 Å². The molecule has 9 heteroatoms. The van der Waals surface area contributed by atoms with E-state index in [0.29, 0.717) is 45.8 Å². The summed E-state index contributed by atoms with van der Waals surface area (Å²) in [5, 5.41) is 0.779. The summed E-state index contributed by atoms with van der Waals surface area (Å²) in [6.45, 7) is 2.59. The smallest absolute Gasteiger partial charge is 0.337 e. The van der Waals surface area contributed by atoms with Gasteiger partial charge in [-0.2, -0.15) is 0 Å². The van der Waals surface area contributed by atoms with Gasteiger partial charge in [-0.05, 0) is 43.4 Å². The molecule has 0 amide bonds. The van der Waals surface area contributed by atoms with Crippen molar-refractivity contribution < 1.29 is 4.74 Å². The monoisotopic (exact) mass is 450 g/mol. The van der Waals surface area contributed by atoms with Gasteiger partial charge in [0, 0.05) is 38.2 Å². The van der Waals surface area contributed by atoms with Crippen molar-refractivity contribution in [3.05, 3.63) is 54.9 Å². The molecule has 1 fully saturated rings. The Morgan fingerprint density at radius 1 is 1.27 bits per heavy atom. The summed E-state index contributed by atoms with van der Waals surface area (Å²) < 4.78 is 9.88. The van der Waals surface area contributed by atoms with Crippen LogP contribution in [-0.2, 0) is 18.2 Å². The summed E-state index contributed by atoms with van der Waals surface area (Å²) in [4.78, 5) is 31.1. The highest BCUT2D eigenvalue weighted by Gasteiger charge is 2.35. The van der Waals surface area contributed by atoms with Gasteiger partial charge in [-0.1, -0.05) is 30.1 Å². The molecule has 0 saturated heterocycles. The maximum Gasteiger partial charge on any atom is 0.337 e. The Labute approximate surface area is 183 Å². The first kappa shape index (κ1) is 21.2. The number of ether oxygens (including phenoxy) is 1. The Morgan fingerprint density at radius 2 is 2.00 bits per heavy atom. The second-order valence-electron chi connectivity index (χ2n) is 7.69. The minimum Gasteiger partial charge on any atom is -0.385 e. The van der Waals surface area contributed by atoms with Crippen molar-refractivity contribution in [1.82, 2.24) is 18.7 Å². The first-order valence-electron chi connectivity index (χ1n) is 10.1. The molecule has 1 unspecified atom stereocenters. The highest BCUT2D eigenvalue weighted by Crippen LogP contribution is 2.43. The average Bonchev–Trinajstić information content (AvgIpc) is 3.49. The summed E-state index contributed by atoms with van der Waals surface area (Å²) in [6.07, 6.45) is 3.64. The third-order valence-electron chi connectivity index (χ3n) is 5.75. The normalized spacial score (nSPS) is 15.1. The number of methoxy groups -OCH3 is 1. The quantitative estimate of drug-likeness (QED) is 0.549. The molecule has 0 bridgehead atoms. The topological polar surface area (TPSA) is 71.0 Å². The molecule has 1 saturated carbocycles. The van der Waals surface area contributed by atoms with Crippen LogP contribution in [0.5, 0.6) is 0 Å². The molecule has 4 rings (SSSR count). The summed E-state index contributed by atoms with van der Waals surface area (Å²) in [5.41, 5.74) is 0.342. The van der Waals surface area contributed by atoms with Crippen LogP contribution >= 0.6 is 23.2 Å². The zero-order chi connectivity index (χ0) is 21.6. The number of benzene rings is 1. The van der Waals surface area contributed by atoms with Crippen molar-refractivity contribution in [3.63, 3.8) is 0 Å². The van der Waals surface area contributed by atoms with Crippen LogP contribution < -0.4 is 11.2 Å². The summed E-state index contributed by atoms with van der Waals surface area (Å²) in [7, 11) is 3.16. The molecule has 7 nitrogen and oxygen atoms in total. The van der Waals surface area contributed by atoms with E-state index in [1.807, 2.05) is 11.5 Å². The van der Waals surface area contributed by atoms with Gasteiger partial charge in [0.1, 0.15) is 5.82 Å². The van der Waals surface area contributed by atoms with Crippen LogP contribution in [0.4, 0.5) is 0 Å². The first-order valence-corrected chi connectivity index (χ1v) is 10.8. The van der Waals surface area contributed by atoms with Gasteiger partial charge in [0.25, 0.3) is 5.56 Å². The number of hydrogen-bond acceptors (Lipinski definition) is 4. The second-order valence-corrected chi connectivity index (χ2v) is 8.53. The maximum atomic E-state index is 13.2. The van der Waals surface area contributed by atoms with Crippen LogP contribution in [0.2, 0.25) is 10.0 Å². The van der Waals surface area contributed by atoms with E-state index in [0.717, 1.165) is 29.7 Å². The number of nitrogens with zero attached hydrogens (tertiary/aromatic N) is 4. The van der Waals surface area contributed by atoms with E-state index in [9.17, 15) is 9.59 Å². The fraction of sp³-hybridized carbons (Fsp3) is 0.476. The van der Waals surface area contributed by atoms with Gasteiger partial charge in [0.2, 0.25) is 0 Å². The molecule has 1 aromatic carbocycles. The number of aromatic nitrogens is 4. The lowest BCUT2D eigenvalue weighted by Crippen LogP contribution is -2.38. The van der Waals surface area contributed by atoms with E-state index >= 15 is 0 Å². The van der Waals surface area contributed by atoms with Gasteiger partial charge < -0.3 is 9.30 Å². The number of halogens is 2. The van der Waals surface area contributed by atoms with E-state index < -0.39 is 5.69 Å². The van der Waals surface area contributed by atoms with Crippen LogP contribution in [0.3, 0.4) is 0 Å². The van der Waals surface area contributed by atoms with Crippen molar-refractivity contribution in [2.24, 2.45) is 13.0 Å². The Balaban J connectivity index is 2.07. The summed E-state index contributed by atoms with van der Waals surface area (Å²) in [5.74, 6) is 1.26. The van der Waals surface area contributed by atoms with Gasteiger partial charge in [0.05, 0.1) is 10.7 Å². The molecule has 1 atom stereocenters. The zero-order valence-electron chi connectivity index (χ0n) is 17.2. The predicted octanol–water partition coefficient (Wildman–Crippen LogP) is 3.74. The zero-order valence-corrected chi connectivity index (χ0v) is 18.7. The molecule has 1 aliphatic carbocycles. The molecule has 30 heavy (non-hydrogen) atoms. The first-order chi connectivity index (χ1) is 14.4. The number of fused-ring (bicyclic) bond motifs is 1. The Bertz CT molecular complexity index is 1220. The van der Waals surface area contributed by atoms with E-state index in [1.54, 1.807) is 25.3 Å². The van der Waals surface area contributed by atoms with Gasteiger partial charge in [0.15, 0.2) is 11.2 Å². The van der Waals surface area contributed by atoms with Crippen molar-refractivity contribution >= 4 is 34.4 Å². The minimum atomic E-state index is -0.496. The van der Waals surface area contributed by atoms with Gasteiger partial charge >= 0.3 is 5.69 Å². The van der Waals surface area contributed by atoms with Crippen LogP contribution in [0, 0.1) is 5.92 Å². The molecule has 0 spiro atoms. The van der Waals surface area contributed by atoms with Crippen LogP contribution in [-0.4, -0.2) is 32.4 Å². The number of aryl methyl sites for hydroxylation is 1. The SMILES string of the molecule is CCc1nc2c(c(=O)n(C)c(=O)n2-c2ccc(Cl)cc2Cl)n1C(CCOC)C1CC1. The fourth-order valence-corrected chi connectivity index (χ4v) is 4.58. The summed E-state index contributed by atoms with van der Waals surface area (Å²) in [6, 6.07) is 5.01. The van der Waals surface area contributed by atoms with Crippen LogP contribution in [0.15, 0.2) is 27.8 Å². The Kier molecular flexibility index (Phi) is 5.79. The molecular formula is C21H24Cl2N4O3. The van der Waals surface area contributed by atoms with E-state index in [1.165, 1.54) is 11.6 Å². The second kappa shape index (κ2) is 8.21. The largest absolute Gasteiger partial charge is 0.385 e. The molecule has 0 aliphatic heterocycles.